The third-order valence-corrected chi connectivity index (χ3v) is 24.9. The first-order valence-electron chi connectivity index (χ1n) is 43.9. The highest BCUT2D eigenvalue weighted by atomic mass is 35.5. The van der Waals surface area contributed by atoms with E-state index in [0.29, 0.717) is 100 Å². The maximum absolute atomic E-state index is 13.0. The lowest BCUT2D eigenvalue weighted by Crippen LogP contribution is -2.32. The molecule has 12 rings (SSSR count). The zero-order valence-electron chi connectivity index (χ0n) is 78.6. The van der Waals surface area contributed by atoms with Crippen molar-refractivity contribution < 1.29 is 30.6 Å². The van der Waals surface area contributed by atoms with E-state index in [4.69, 9.17) is 139 Å². The minimum Gasteiger partial charge on any atom is -0.504 e. The van der Waals surface area contributed by atoms with E-state index in [1.54, 1.807) is 39.4 Å². The molecule has 0 spiro atoms. The van der Waals surface area contributed by atoms with Crippen LogP contribution in [-0.2, 0) is 79.5 Å². The molecule has 0 amide bonds. The summed E-state index contributed by atoms with van der Waals surface area (Å²) in [6.07, 6.45) is 5.02. The normalized spacial score (nSPS) is 11.6. The van der Waals surface area contributed by atoms with Crippen LogP contribution in [0.3, 0.4) is 0 Å². The fourth-order valence-corrected chi connectivity index (χ4v) is 17.6. The fraction of sp³-hybridized carbons (Fsp3) is 0.478. The maximum Gasteiger partial charge on any atom is 0.263 e. The second-order valence-electron chi connectivity index (χ2n) is 33.2. The predicted octanol–water partition coefficient (Wildman–Crippen LogP) is 19.9. The van der Waals surface area contributed by atoms with Crippen molar-refractivity contribution in [3.8, 4) is 34.5 Å². The summed E-state index contributed by atoms with van der Waals surface area (Å²) in [6.45, 7) is 39.7. The minimum atomic E-state index is -0.300. The van der Waals surface area contributed by atoms with E-state index in [-0.39, 0.29) is 211 Å². The monoisotopic (exact) mass is 2090 g/mol. The summed E-state index contributed by atoms with van der Waals surface area (Å²) in [5, 5.41) is 69.8. The number of hydrogen-bond acceptors (Lipinski definition) is 24. The van der Waals surface area contributed by atoms with Crippen molar-refractivity contribution in [1.82, 2.24) is 87.5 Å². The number of hydrogen-bond donors (Lipinski definition) is 8. The van der Waals surface area contributed by atoms with E-state index < -0.39 is 0 Å². The van der Waals surface area contributed by atoms with Crippen LogP contribution < -0.4 is 44.0 Å². The van der Waals surface area contributed by atoms with E-state index in [9.17, 15) is 59.4 Å². The second-order valence-corrected chi connectivity index (χ2v) is 38.1. The van der Waals surface area contributed by atoms with Crippen LogP contribution in [0.5, 0.6) is 34.5 Å². The van der Waals surface area contributed by atoms with Crippen molar-refractivity contribution in [1.29, 1.82) is 0 Å². The largest absolute Gasteiger partial charge is 0.504 e. The number of benzene rings is 6. The molecule has 12 aromatic rings. The van der Waals surface area contributed by atoms with Gasteiger partial charge in [0.15, 0.2) is 34.5 Å². The van der Waals surface area contributed by atoms with Crippen molar-refractivity contribution >= 4 is 205 Å². The van der Waals surface area contributed by atoms with Gasteiger partial charge >= 0.3 is 0 Å². The van der Waals surface area contributed by atoms with Gasteiger partial charge in [-0.1, -0.05) is 243 Å². The van der Waals surface area contributed by atoms with Gasteiger partial charge in [0.05, 0.1) is 132 Å². The summed E-state index contributed by atoms with van der Waals surface area (Å²) in [5.41, 5.74) is -0.661. The molecule has 0 aliphatic carbocycles. The molecule has 8 N–H and O–H groups in total. The number of aromatic hydroxyl groups is 6. The Kier molecular flexibility index (Phi) is 43.7. The summed E-state index contributed by atoms with van der Waals surface area (Å²) in [7, 11) is 8.94. The first-order valence-corrected chi connectivity index (χ1v) is 48.4. The molecule has 732 valence electrons. The molecule has 0 aliphatic heterocycles. The van der Waals surface area contributed by atoms with E-state index in [0.717, 1.165) is 77.9 Å². The fourth-order valence-electron chi connectivity index (χ4n) is 14.4. The Bertz CT molecular complexity index is 6600. The van der Waals surface area contributed by atoms with Crippen molar-refractivity contribution in [2.45, 2.75) is 194 Å². The predicted molar refractivity (Wildman–Crippen MR) is 549 cm³/mol. The van der Waals surface area contributed by atoms with Gasteiger partial charge in [0.1, 0.15) is 68.0 Å². The number of fused-ring (bicyclic) bond motifs is 6. The van der Waals surface area contributed by atoms with Crippen LogP contribution in [-0.4, -0.2) is 175 Å². The lowest BCUT2D eigenvalue weighted by atomic mass is 10.2. The zero-order valence-corrected chi connectivity index (χ0v) is 87.6. The Labute approximate surface area is 837 Å². The van der Waals surface area contributed by atoms with Crippen molar-refractivity contribution in [2.24, 2.45) is 31.8 Å². The van der Waals surface area contributed by atoms with Gasteiger partial charge in [-0.05, 0) is 147 Å². The third kappa shape index (κ3) is 27.4. The quantitative estimate of drug-likeness (QED) is 0.0200. The Morgan fingerprint density at radius 1 is 0.328 bits per heavy atom. The number of phenols is 6. The molecule has 6 aromatic heterocycles. The Morgan fingerprint density at radius 3 is 0.888 bits per heavy atom. The van der Waals surface area contributed by atoms with E-state index in [2.05, 4.69) is 89.9 Å². The van der Waals surface area contributed by atoms with Gasteiger partial charge in [0.25, 0.3) is 33.4 Å². The Hall–Kier alpha value is -7.80. The van der Waals surface area contributed by atoms with Crippen LogP contribution >= 0.6 is 139 Å². The standard InChI is InChI=1S/C18H25Cl2N3O2.C17H23Cl2N3O2.2C15H19Cl2N3O2.C14H17Cl2N3O2.C13H15Cl2N3O2/c1-4-7-22(8-5-2)11-14-21-16-15(18(25)23(14)9-6-3)12(19)10-13(20)17(16)24;1-5-21(6-2)9-13-20-15-14(11(18)7-12(19)16(15)23)17(24)22(13)8-10(3)4;1-4-18-6-11-19-13-12(9(16)5-10(17)14(13)21)15(22)20(11)7-8(2)3;1-4-5-6-19(2)8-11-18-13-12(15(22)20(11)3)9(16)7-10(17)14(13)21;1-7(2)6-19-10(5-17-3)18-12-11(14(19)21)8(15)4-9(16)13(12)20;1-4-17(2)6-9-16-11-10(13(20)18(9)3)7(14)5-8(15)12(11)19/h10,24H,4-9,11H2,1-3H3;7,10,23H,5-6,8-9H2,1-4H3;5,8,18,21H,4,6-7H2,1-3H3;7,21H,4-6,8H2,1-3H3;4,7,17,20H,5-6H2,1-3H3;5,19H,4,6H2,1-3H3. The van der Waals surface area contributed by atoms with Crippen LogP contribution in [0.2, 0.25) is 60.3 Å². The lowest BCUT2D eigenvalue weighted by molar-refractivity contribution is 0.254. The number of phenolic OH excluding ortho intramolecular Hbond substituents is 6. The van der Waals surface area contributed by atoms with Crippen LogP contribution in [0.25, 0.3) is 65.4 Å². The van der Waals surface area contributed by atoms with Gasteiger partial charge in [-0.3, -0.25) is 75.8 Å². The highest BCUT2D eigenvalue weighted by Crippen LogP contribution is 2.41. The topological polar surface area (TPSA) is 368 Å². The van der Waals surface area contributed by atoms with Crippen LogP contribution in [0, 0.1) is 17.8 Å². The Balaban J connectivity index is 0.000000220. The molecule has 30 nitrogen and oxygen atoms in total. The van der Waals surface area contributed by atoms with Crippen molar-refractivity contribution in [2.75, 3.05) is 67.0 Å². The van der Waals surface area contributed by atoms with Crippen LogP contribution in [0.4, 0.5) is 0 Å². The molecule has 0 saturated carbocycles. The molecule has 0 saturated heterocycles. The minimum absolute atomic E-state index is 0.0800. The smallest absolute Gasteiger partial charge is 0.263 e. The maximum atomic E-state index is 13.0. The van der Waals surface area contributed by atoms with E-state index in [1.807, 2.05) is 81.3 Å². The molecule has 6 heterocycles. The molecule has 0 atom stereocenters. The number of rotatable bonds is 31. The number of nitrogens with zero attached hydrogens (tertiary/aromatic N) is 16. The summed E-state index contributed by atoms with van der Waals surface area (Å²) >= 11 is 72.4. The summed E-state index contributed by atoms with van der Waals surface area (Å²) < 4.78 is 9.42. The van der Waals surface area contributed by atoms with Crippen molar-refractivity contribution in [3.05, 3.63) is 194 Å². The molecular formula is C92H118Cl12N18O12. The number of aromatic nitrogens is 12. The van der Waals surface area contributed by atoms with Crippen LogP contribution in [0.1, 0.15) is 164 Å². The van der Waals surface area contributed by atoms with Crippen molar-refractivity contribution in [3.63, 3.8) is 0 Å². The SMILES string of the molecule is CCCCN(C)Cc1nc2c(O)c(Cl)cc(Cl)c2c(=O)n1C.CCCN(CCC)Cc1nc2c(O)c(Cl)cc(Cl)c2c(=O)n1CCC.CCN(C)Cc1nc2c(O)c(Cl)cc(Cl)c2c(=O)n1C.CCN(CC)Cc1nc2c(O)c(Cl)cc(Cl)c2c(=O)n1CC(C)C.CCNCc1nc2c(O)c(Cl)cc(Cl)c2c(=O)n1CC(C)C.CNCc1nc2c(O)c(Cl)cc(Cl)c2c(=O)n1CC(C)C. The summed E-state index contributed by atoms with van der Waals surface area (Å²) in [5.74, 6) is 3.01. The first-order chi connectivity index (χ1) is 63.2. The zero-order chi connectivity index (χ0) is 100. The average Bonchev–Trinajstić information content (AvgIpc) is 0.765. The highest BCUT2D eigenvalue weighted by molar-refractivity contribution is 6.43. The number of halogens is 12. The van der Waals surface area contributed by atoms with E-state index in [1.165, 1.54) is 45.5 Å². The summed E-state index contributed by atoms with van der Waals surface area (Å²) in [4.78, 5) is 112. The van der Waals surface area contributed by atoms with Gasteiger partial charge in [0, 0.05) is 40.3 Å². The Morgan fingerprint density at radius 2 is 0.604 bits per heavy atom. The second kappa shape index (κ2) is 51.7. The van der Waals surface area contributed by atoms with Gasteiger partial charge in [-0.2, -0.15) is 0 Å². The summed E-state index contributed by atoms with van der Waals surface area (Å²) in [6, 6.07) is 8.21. The van der Waals surface area contributed by atoms with Crippen LogP contribution in [0.15, 0.2) is 65.2 Å². The molecule has 6 aromatic carbocycles. The number of unbranched alkanes of at least 4 members (excludes halogenated alkanes) is 1. The van der Waals surface area contributed by atoms with E-state index >= 15 is 0 Å². The molecule has 0 unspecified atom stereocenters. The van der Waals surface area contributed by atoms with Gasteiger partial charge < -0.3 is 41.3 Å². The highest BCUT2D eigenvalue weighted by Gasteiger charge is 2.27. The number of nitrogens with one attached hydrogen (secondary N) is 2. The van der Waals surface area contributed by atoms with Gasteiger partial charge in [0.2, 0.25) is 0 Å². The molecule has 0 radical (unpaired) electrons. The first kappa shape index (κ1) is 113. The molecular weight excluding hydrogens is 1970 g/mol. The van der Waals surface area contributed by atoms with Gasteiger partial charge in [-0.15, -0.1) is 0 Å². The lowest BCUT2D eigenvalue weighted by Gasteiger charge is -2.23. The van der Waals surface area contributed by atoms with Gasteiger partial charge in [-0.25, -0.2) is 29.9 Å². The molecule has 0 fully saturated rings. The molecule has 0 bridgehead atoms. The molecule has 0 aliphatic rings. The molecule has 134 heavy (non-hydrogen) atoms. The molecule has 42 heteroatoms. The average molecular weight is 2090 g/mol. The third-order valence-electron chi connectivity index (χ3n) is 21.3.